The molecule has 3 aromatic rings. The van der Waals surface area contributed by atoms with Crippen LogP contribution in [0, 0.1) is 0 Å². The molecule has 0 atom stereocenters. The van der Waals surface area contributed by atoms with Gasteiger partial charge in [0.15, 0.2) is 0 Å². The van der Waals surface area contributed by atoms with Gasteiger partial charge in [0.2, 0.25) is 34.4 Å². The van der Waals surface area contributed by atoms with Crippen molar-refractivity contribution in [3.8, 4) is 0 Å². The molecule has 0 amide bonds. The zero-order chi connectivity index (χ0) is 25.3. The standard InChI is InChI=1S/C14H14Cl2N10O6S2/c1-17-11-21-9(15)23-13(25-11)19-5-3-6(20-14-24-10(16)22-12(18-2)26-14)8(34(30,31)32)4-7(5)33(27,28)29/h3-4H,1-2H3,(H,27,28,29)(H,30,31,32)(H2,17,19,21,23,25)(H2,18,20,22,24,26). The van der Waals surface area contributed by atoms with Crippen LogP contribution in [-0.4, -0.2) is 69.9 Å². The smallest absolute Gasteiger partial charge is 0.296 e. The van der Waals surface area contributed by atoms with Crippen molar-refractivity contribution in [1.29, 1.82) is 0 Å². The van der Waals surface area contributed by atoms with Gasteiger partial charge < -0.3 is 21.3 Å². The molecule has 0 unspecified atom stereocenters. The molecular formula is C14H14Cl2N10O6S2. The number of anilines is 6. The highest BCUT2D eigenvalue weighted by Crippen LogP contribution is 2.34. The molecule has 0 saturated heterocycles. The van der Waals surface area contributed by atoms with E-state index in [1.165, 1.54) is 14.1 Å². The maximum absolute atomic E-state index is 12.0. The van der Waals surface area contributed by atoms with Gasteiger partial charge in [0.1, 0.15) is 9.79 Å². The van der Waals surface area contributed by atoms with Crippen LogP contribution in [0.2, 0.25) is 10.6 Å². The summed E-state index contributed by atoms with van der Waals surface area (Å²) in [5.74, 6) is -0.493. The minimum Gasteiger partial charge on any atom is -0.357 e. The SMILES string of the molecule is CNc1nc(Cl)nc(Nc2cc(Nc3nc(Cl)nc(NC)n3)c(S(=O)(=O)O)cc2S(=O)(=O)O)n1. The predicted molar refractivity (Wildman–Crippen MR) is 121 cm³/mol. The maximum atomic E-state index is 12.0. The highest BCUT2D eigenvalue weighted by Gasteiger charge is 2.26. The molecule has 1 aromatic carbocycles. The zero-order valence-corrected chi connectivity index (χ0v) is 20.1. The lowest BCUT2D eigenvalue weighted by molar-refractivity contribution is 0.482. The van der Waals surface area contributed by atoms with E-state index in [4.69, 9.17) is 23.2 Å². The first-order valence-corrected chi connectivity index (χ1v) is 12.3. The Balaban J connectivity index is 2.22. The number of halogens is 2. The normalized spacial score (nSPS) is 11.7. The Hall–Kier alpha value is -3.16. The second-order valence-electron chi connectivity index (χ2n) is 6.05. The summed E-state index contributed by atoms with van der Waals surface area (Å²) in [7, 11) is -7.08. The summed E-state index contributed by atoms with van der Waals surface area (Å²) >= 11 is 11.6. The lowest BCUT2D eigenvalue weighted by Gasteiger charge is -2.15. The van der Waals surface area contributed by atoms with Gasteiger partial charge in [-0.2, -0.15) is 46.7 Å². The zero-order valence-electron chi connectivity index (χ0n) is 16.9. The Morgan fingerprint density at radius 1 is 0.647 bits per heavy atom. The highest BCUT2D eigenvalue weighted by molar-refractivity contribution is 7.86. The van der Waals surface area contributed by atoms with Gasteiger partial charge >= 0.3 is 0 Å². The summed E-state index contributed by atoms with van der Waals surface area (Å²) in [5, 5.41) is 9.69. The van der Waals surface area contributed by atoms with E-state index in [9.17, 15) is 25.9 Å². The molecule has 0 aliphatic carbocycles. The largest absolute Gasteiger partial charge is 0.357 e. The summed E-state index contributed by atoms with van der Waals surface area (Å²) in [6, 6.07) is 1.42. The Labute approximate surface area is 202 Å². The van der Waals surface area contributed by atoms with Crippen molar-refractivity contribution in [2.75, 3.05) is 35.4 Å². The van der Waals surface area contributed by atoms with Crippen molar-refractivity contribution < 1.29 is 25.9 Å². The van der Waals surface area contributed by atoms with Crippen LogP contribution in [0.3, 0.4) is 0 Å². The van der Waals surface area contributed by atoms with Gasteiger partial charge in [-0.1, -0.05) is 0 Å². The topological polar surface area (TPSA) is 234 Å². The molecule has 0 fully saturated rings. The predicted octanol–water partition coefficient (Wildman–Crippen LogP) is 1.43. The van der Waals surface area contributed by atoms with Gasteiger partial charge in [-0.15, -0.1) is 0 Å². The second kappa shape index (κ2) is 9.60. The van der Waals surface area contributed by atoms with Gasteiger partial charge in [-0.3, -0.25) is 9.11 Å². The molecule has 0 aliphatic rings. The highest BCUT2D eigenvalue weighted by atomic mass is 35.5. The van der Waals surface area contributed by atoms with Crippen molar-refractivity contribution in [1.82, 2.24) is 29.9 Å². The lowest BCUT2D eigenvalue weighted by Crippen LogP contribution is -2.12. The fourth-order valence-electron chi connectivity index (χ4n) is 2.46. The Morgan fingerprint density at radius 2 is 1.00 bits per heavy atom. The van der Waals surface area contributed by atoms with Gasteiger partial charge in [0.05, 0.1) is 11.4 Å². The van der Waals surface area contributed by atoms with Crippen molar-refractivity contribution in [3.05, 3.63) is 22.7 Å². The van der Waals surface area contributed by atoms with Gasteiger partial charge in [0.25, 0.3) is 20.2 Å². The number of aromatic nitrogens is 6. The van der Waals surface area contributed by atoms with E-state index in [1.807, 2.05) is 0 Å². The maximum Gasteiger partial charge on any atom is 0.296 e. The summed E-state index contributed by atoms with van der Waals surface area (Å²) in [5.41, 5.74) is -0.813. The minimum absolute atomic E-state index is 0.0169. The molecule has 3 rings (SSSR count). The second-order valence-corrected chi connectivity index (χ2v) is 9.50. The van der Waals surface area contributed by atoms with Crippen LogP contribution in [0.25, 0.3) is 0 Å². The van der Waals surface area contributed by atoms with E-state index in [-0.39, 0.29) is 34.4 Å². The van der Waals surface area contributed by atoms with E-state index in [1.54, 1.807) is 0 Å². The van der Waals surface area contributed by atoms with E-state index >= 15 is 0 Å². The first kappa shape index (κ1) is 25.5. The quantitative estimate of drug-likeness (QED) is 0.216. The van der Waals surface area contributed by atoms with Crippen LogP contribution in [-0.2, 0) is 20.2 Å². The van der Waals surface area contributed by atoms with Crippen molar-refractivity contribution in [2.45, 2.75) is 9.79 Å². The number of rotatable bonds is 8. The van der Waals surface area contributed by atoms with E-state index in [2.05, 4.69) is 51.2 Å². The molecule has 20 heteroatoms. The molecule has 34 heavy (non-hydrogen) atoms. The van der Waals surface area contributed by atoms with Crippen molar-refractivity contribution >= 4 is 78.6 Å². The van der Waals surface area contributed by atoms with Crippen LogP contribution >= 0.6 is 23.2 Å². The number of hydrogen-bond donors (Lipinski definition) is 6. The summed E-state index contributed by atoms with van der Waals surface area (Å²) in [6.07, 6.45) is 0. The number of hydrogen-bond acceptors (Lipinski definition) is 14. The molecule has 0 saturated carbocycles. The summed E-state index contributed by atoms with van der Waals surface area (Å²) < 4.78 is 67.2. The first-order valence-electron chi connectivity index (χ1n) is 8.66. The van der Waals surface area contributed by atoms with Gasteiger partial charge in [-0.05, 0) is 35.3 Å². The molecule has 0 radical (unpaired) electrons. The molecule has 0 spiro atoms. The molecule has 0 aliphatic heterocycles. The Kier molecular flexibility index (Phi) is 7.19. The Bertz CT molecular complexity index is 1370. The van der Waals surface area contributed by atoms with Gasteiger partial charge in [-0.25, -0.2) is 0 Å². The molecule has 2 aromatic heterocycles. The van der Waals surface area contributed by atoms with Crippen molar-refractivity contribution in [3.63, 3.8) is 0 Å². The van der Waals surface area contributed by atoms with Crippen LogP contribution in [0.1, 0.15) is 0 Å². The third-order valence-electron chi connectivity index (χ3n) is 3.79. The molecule has 6 N–H and O–H groups in total. The average Bonchev–Trinajstić information content (AvgIpc) is 2.71. The van der Waals surface area contributed by atoms with Crippen molar-refractivity contribution in [2.24, 2.45) is 0 Å². The Morgan fingerprint density at radius 3 is 1.32 bits per heavy atom. The van der Waals surface area contributed by atoms with E-state index in [0.717, 1.165) is 6.07 Å². The molecule has 16 nitrogen and oxygen atoms in total. The average molecular weight is 553 g/mol. The number of nitrogens with zero attached hydrogens (tertiary/aromatic N) is 6. The summed E-state index contributed by atoms with van der Waals surface area (Å²) in [6.45, 7) is 0. The van der Waals surface area contributed by atoms with E-state index in [0.29, 0.717) is 6.07 Å². The fourth-order valence-corrected chi connectivity index (χ4v) is 4.16. The number of benzene rings is 1. The van der Waals surface area contributed by atoms with Crippen LogP contribution in [0.15, 0.2) is 21.9 Å². The number of nitrogens with one attached hydrogen (secondary N) is 4. The van der Waals surface area contributed by atoms with Crippen LogP contribution in [0.4, 0.5) is 35.2 Å². The molecule has 182 valence electrons. The molecule has 0 bridgehead atoms. The molecular weight excluding hydrogens is 539 g/mol. The lowest BCUT2D eigenvalue weighted by atomic mass is 10.2. The minimum atomic E-state index is -5.03. The van der Waals surface area contributed by atoms with Gasteiger partial charge in [0, 0.05) is 14.1 Å². The van der Waals surface area contributed by atoms with Crippen LogP contribution < -0.4 is 21.3 Å². The third-order valence-corrected chi connectivity index (χ3v) is 5.92. The monoisotopic (exact) mass is 552 g/mol. The third kappa shape index (κ3) is 6.04. The van der Waals surface area contributed by atoms with E-state index < -0.39 is 41.4 Å². The summed E-state index contributed by atoms with van der Waals surface area (Å²) in [4.78, 5) is 21.1. The first-order chi connectivity index (χ1) is 15.8. The molecule has 2 heterocycles. The van der Waals surface area contributed by atoms with Crippen LogP contribution in [0.5, 0.6) is 0 Å². The fraction of sp³-hybridized carbons (Fsp3) is 0.143.